The molecular weight excluding hydrogens is 311 g/mol. The maximum atomic E-state index is 12.9. The summed E-state index contributed by atoms with van der Waals surface area (Å²) in [5.74, 6) is -0.720. The van der Waals surface area contributed by atoms with E-state index in [1.807, 2.05) is 0 Å². The summed E-state index contributed by atoms with van der Waals surface area (Å²) < 4.78 is 47.3. The minimum Gasteiger partial charge on any atom is -0.497 e. The molecule has 0 N–H and O–H groups in total. The molecule has 0 heterocycles. The Labute approximate surface area is 127 Å². The Kier molecular flexibility index (Phi) is 4.46. The van der Waals surface area contributed by atoms with Crippen LogP contribution < -0.4 is 8.92 Å². The summed E-state index contributed by atoms with van der Waals surface area (Å²) >= 11 is 0. The van der Waals surface area contributed by atoms with E-state index < -0.39 is 15.9 Å². The molecule has 2 aromatic carbocycles. The molecule has 2 aromatic rings. The van der Waals surface area contributed by atoms with Crippen LogP contribution in [0.1, 0.15) is 17.3 Å². The minimum absolute atomic E-state index is 0.103. The van der Waals surface area contributed by atoms with Gasteiger partial charge in [0.05, 0.1) is 12.7 Å². The van der Waals surface area contributed by atoms with Crippen LogP contribution in [-0.4, -0.2) is 21.3 Å². The Morgan fingerprint density at radius 2 is 1.73 bits per heavy atom. The van der Waals surface area contributed by atoms with Crippen LogP contribution in [-0.2, 0) is 10.1 Å². The van der Waals surface area contributed by atoms with Gasteiger partial charge in [-0.05, 0) is 43.3 Å². The lowest BCUT2D eigenvalue weighted by Crippen LogP contribution is -2.12. The van der Waals surface area contributed by atoms with Crippen LogP contribution >= 0.6 is 0 Å². The first-order chi connectivity index (χ1) is 10.3. The van der Waals surface area contributed by atoms with Gasteiger partial charge in [-0.25, -0.2) is 4.39 Å². The van der Waals surface area contributed by atoms with Crippen LogP contribution in [0.5, 0.6) is 11.5 Å². The molecule has 0 fully saturated rings. The molecule has 0 saturated heterocycles. The average Bonchev–Trinajstić information content (AvgIpc) is 2.46. The van der Waals surface area contributed by atoms with Gasteiger partial charge in [0, 0.05) is 6.07 Å². The monoisotopic (exact) mass is 324 g/mol. The number of hydrogen-bond donors (Lipinski definition) is 0. The fourth-order valence-corrected chi connectivity index (χ4v) is 2.70. The first-order valence-corrected chi connectivity index (χ1v) is 7.63. The summed E-state index contributed by atoms with van der Waals surface area (Å²) in [6, 6.07) is 8.42. The molecule has 0 amide bonds. The molecule has 0 unspecified atom stereocenters. The fourth-order valence-electron chi connectivity index (χ4n) is 1.76. The topological polar surface area (TPSA) is 69.7 Å². The molecule has 0 bridgehead atoms. The Hall–Kier alpha value is -2.41. The van der Waals surface area contributed by atoms with E-state index in [2.05, 4.69) is 0 Å². The van der Waals surface area contributed by atoms with E-state index in [-0.39, 0.29) is 22.0 Å². The first kappa shape index (κ1) is 16.0. The predicted molar refractivity (Wildman–Crippen MR) is 77.2 cm³/mol. The summed E-state index contributed by atoms with van der Waals surface area (Å²) in [6.07, 6.45) is 0. The van der Waals surface area contributed by atoms with Crippen molar-refractivity contribution in [2.45, 2.75) is 11.8 Å². The van der Waals surface area contributed by atoms with E-state index in [4.69, 9.17) is 8.92 Å². The van der Waals surface area contributed by atoms with Crippen LogP contribution in [0, 0.1) is 5.82 Å². The fraction of sp³-hybridized carbons (Fsp3) is 0.133. The lowest BCUT2D eigenvalue weighted by Gasteiger charge is -2.11. The third-order valence-corrected chi connectivity index (χ3v) is 4.12. The maximum Gasteiger partial charge on any atom is 0.339 e. The Bertz CT molecular complexity index is 797. The lowest BCUT2D eigenvalue weighted by atomic mass is 10.1. The number of methoxy groups -OCH3 is 1. The molecule has 116 valence electrons. The smallest absolute Gasteiger partial charge is 0.339 e. The number of carbonyl (C=O) groups excluding carboxylic acids is 1. The molecule has 5 nitrogen and oxygen atoms in total. The van der Waals surface area contributed by atoms with Gasteiger partial charge < -0.3 is 8.92 Å². The third-order valence-electron chi connectivity index (χ3n) is 2.87. The van der Waals surface area contributed by atoms with Crippen molar-refractivity contribution in [3.05, 3.63) is 53.8 Å². The Balaban J connectivity index is 2.44. The molecule has 0 aliphatic carbocycles. The van der Waals surface area contributed by atoms with Crippen LogP contribution in [0.25, 0.3) is 0 Å². The van der Waals surface area contributed by atoms with E-state index in [9.17, 15) is 17.6 Å². The van der Waals surface area contributed by atoms with E-state index >= 15 is 0 Å². The number of rotatable bonds is 5. The number of halogens is 1. The second-order valence-electron chi connectivity index (χ2n) is 4.41. The normalized spacial score (nSPS) is 11.0. The Morgan fingerprint density at radius 3 is 2.27 bits per heavy atom. The van der Waals surface area contributed by atoms with Crippen molar-refractivity contribution in [1.82, 2.24) is 0 Å². The van der Waals surface area contributed by atoms with Gasteiger partial charge >= 0.3 is 10.1 Å². The van der Waals surface area contributed by atoms with Crippen LogP contribution in [0.2, 0.25) is 0 Å². The van der Waals surface area contributed by atoms with Crippen molar-refractivity contribution in [2.75, 3.05) is 7.11 Å². The Morgan fingerprint density at radius 1 is 1.09 bits per heavy atom. The largest absolute Gasteiger partial charge is 0.497 e. The number of benzene rings is 2. The van der Waals surface area contributed by atoms with Gasteiger partial charge in [-0.3, -0.25) is 4.79 Å². The number of ether oxygens (including phenoxy) is 1. The number of ketones is 1. The molecule has 22 heavy (non-hydrogen) atoms. The van der Waals surface area contributed by atoms with Gasteiger partial charge in [0.1, 0.15) is 16.5 Å². The SMILES string of the molecule is COc1ccc(C(C)=O)c(OS(=O)(=O)c2ccc(F)cc2)c1. The summed E-state index contributed by atoms with van der Waals surface area (Å²) in [4.78, 5) is 11.4. The molecule has 2 rings (SSSR count). The highest BCUT2D eigenvalue weighted by Crippen LogP contribution is 2.28. The van der Waals surface area contributed by atoms with Crippen molar-refractivity contribution in [1.29, 1.82) is 0 Å². The molecule has 0 saturated carbocycles. The van der Waals surface area contributed by atoms with Gasteiger partial charge in [-0.15, -0.1) is 0 Å². The standard InChI is InChI=1S/C15H13FO5S/c1-10(17)14-8-5-12(20-2)9-15(14)21-22(18,19)13-6-3-11(16)4-7-13/h3-9H,1-2H3. The first-order valence-electron chi connectivity index (χ1n) is 6.22. The number of carbonyl (C=O) groups is 1. The summed E-state index contributed by atoms with van der Waals surface area (Å²) in [5, 5.41) is 0. The maximum absolute atomic E-state index is 12.9. The second kappa shape index (κ2) is 6.15. The highest BCUT2D eigenvalue weighted by Gasteiger charge is 2.20. The van der Waals surface area contributed by atoms with E-state index in [1.165, 1.54) is 32.2 Å². The third kappa shape index (κ3) is 3.43. The zero-order valence-electron chi connectivity index (χ0n) is 11.9. The molecule has 0 aliphatic rings. The molecule has 0 radical (unpaired) electrons. The molecule has 0 aromatic heterocycles. The lowest BCUT2D eigenvalue weighted by molar-refractivity contribution is 0.101. The zero-order chi connectivity index (χ0) is 16.3. The minimum atomic E-state index is -4.19. The molecule has 7 heteroatoms. The number of hydrogen-bond acceptors (Lipinski definition) is 5. The summed E-state index contributed by atoms with van der Waals surface area (Å²) in [5.41, 5.74) is 0.103. The van der Waals surface area contributed by atoms with Crippen LogP contribution in [0.4, 0.5) is 4.39 Å². The molecule has 0 spiro atoms. The van der Waals surface area contributed by atoms with Gasteiger partial charge in [0.25, 0.3) is 0 Å². The van der Waals surface area contributed by atoms with E-state index in [1.54, 1.807) is 0 Å². The zero-order valence-corrected chi connectivity index (χ0v) is 12.7. The average molecular weight is 324 g/mol. The van der Waals surface area contributed by atoms with Crippen molar-refractivity contribution < 1.29 is 26.5 Å². The predicted octanol–water partition coefficient (Wildman–Crippen LogP) is 2.80. The van der Waals surface area contributed by atoms with Crippen LogP contribution in [0.3, 0.4) is 0 Å². The van der Waals surface area contributed by atoms with Crippen molar-refractivity contribution in [2.24, 2.45) is 0 Å². The van der Waals surface area contributed by atoms with Crippen molar-refractivity contribution in [3.63, 3.8) is 0 Å². The van der Waals surface area contributed by atoms with Crippen molar-refractivity contribution >= 4 is 15.9 Å². The van der Waals surface area contributed by atoms with E-state index in [0.29, 0.717) is 5.75 Å². The quantitative estimate of drug-likeness (QED) is 0.625. The number of Topliss-reactive ketones (excluding diaryl/α,β-unsaturated/α-hetero) is 1. The molecular formula is C15H13FO5S. The van der Waals surface area contributed by atoms with E-state index in [0.717, 1.165) is 24.3 Å². The van der Waals surface area contributed by atoms with Crippen molar-refractivity contribution in [3.8, 4) is 11.5 Å². The van der Waals surface area contributed by atoms with Gasteiger partial charge in [0.15, 0.2) is 11.5 Å². The summed E-state index contributed by atoms with van der Waals surface area (Å²) in [6.45, 7) is 1.29. The second-order valence-corrected chi connectivity index (χ2v) is 5.96. The highest BCUT2D eigenvalue weighted by atomic mass is 32.2. The highest BCUT2D eigenvalue weighted by molar-refractivity contribution is 7.87. The van der Waals surface area contributed by atoms with Gasteiger partial charge in [-0.2, -0.15) is 8.42 Å². The van der Waals surface area contributed by atoms with Gasteiger partial charge in [0.2, 0.25) is 0 Å². The van der Waals surface area contributed by atoms with Crippen LogP contribution in [0.15, 0.2) is 47.4 Å². The van der Waals surface area contributed by atoms with Gasteiger partial charge in [-0.1, -0.05) is 0 Å². The summed E-state index contributed by atoms with van der Waals surface area (Å²) in [7, 11) is -2.78. The molecule has 0 atom stereocenters. The molecule has 0 aliphatic heterocycles.